The van der Waals surface area contributed by atoms with Crippen molar-refractivity contribution in [3.8, 4) is 0 Å². The molecule has 1 rings (SSSR count). The van der Waals surface area contributed by atoms with Gasteiger partial charge in [0.1, 0.15) is 18.1 Å². The van der Waals surface area contributed by atoms with E-state index in [1.54, 1.807) is 13.8 Å². The molecule has 4 unspecified atom stereocenters. The maximum absolute atomic E-state index is 13.2. The third-order valence-corrected chi connectivity index (χ3v) is 5.76. The van der Waals surface area contributed by atoms with Gasteiger partial charge in [-0.1, -0.05) is 44.2 Å². The average molecular weight is 549 g/mol. The van der Waals surface area contributed by atoms with Gasteiger partial charge in [0.25, 0.3) is 0 Å². The minimum Gasteiger partial charge on any atom is -0.480 e. The summed E-state index contributed by atoms with van der Waals surface area (Å²) in [6.07, 6.45) is 0.197. The van der Waals surface area contributed by atoms with Gasteiger partial charge in [-0.25, -0.2) is 4.79 Å². The largest absolute Gasteiger partial charge is 0.480 e. The second-order valence-electron chi connectivity index (χ2n) is 9.44. The van der Waals surface area contributed by atoms with Crippen LogP contribution in [0.3, 0.4) is 0 Å². The van der Waals surface area contributed by atoms with Crippen LogP contribution in [0.25, 0.3) is 0 Å². The van der Waals surface area contributed by atoms with Crippen LogP contribution in [0.15, 0.2) is 35.3 Å². The number of primary amides is 1. The van der Waals surface area contributed by atoms with Gasteiger partial charge in [-0.2, -0.15) is 0 Å². The third-order valence-electron chi connectivity index (χ3n) is 5.76. The number of aliphatic carboxylic acids is 1. The molecule has 0 spiro atoms. The van der Waals surface area contributed by atoms with Gasteiger partial charge in [0.15, 0.2) is 5.96 Å². The molecule has 0 fully saturated rings. The lowest BCUT2D eigenvalue weighted by Crippen LogP contribution is -2.57. The summed E-state index contributed by atoms with van der Waals surface area (Å²) in [5, 5.41) is 16.9. The molecule has 0 aliphatic rings. The number of carboxylic acids is 1. The molecular formula is C25H40N8O6. The van der Waals surface area contributed by atoms with Crippen LogP contribution in [-0.2, 0) is 30.4 Å². The van der Waals surface area contributed by atoms with Crippen molar-refractivity contribution in [2.45, 2.75) is 70.1 Å². The number of hydrogen-bond donors (Lipinski definition) is 8. The van der Waals surface area contributed by atoms with E-state index in [1.165, 1.54) is 0 Å². The van der Waals surface area contributed by atoms with E-state index in [4.69, 9.17) is 22.9 Å². The van der Waals surface area contributed by atoms with Crippen LogP contribution in [0.5, 0.6) is 0 Å². The first-order valence-corrected chi connectivity index (χ1v) is 12.6. The number of benzene rings is 1. The van der Waals surface area contributed by atoms with Crippen molar-refractivity contribution < 1.29 is 29.1 Å². The summed E-state index contributed by atoms with van der Waals surface area (Å²) in [6, 6.07) is 4.48. The standard InChI is InChI=1S/C25H40N8O6/c1-14(2)20(24(38)39)33-23(37)18(10-11-19(27)34)32-22(36)17(9-6-12-30-25(28)29)31-21(35)16(26)13-15-7-4-3-5-8-15/h3-5,7-8,14,16-18,20H,6,9-13,26H2,1-2H3,(H2,27,34)(H,31,35)(H,32,36)(H,33,37)(H,38,39)(H4,28,29,30). The van der Waals surface area contributed by atoms with E-state index >= 15 is 0 Å². The van der Waals surface area contributed by atoms with Crippen LogP contribution in [0, 0.1) is 5.92 Å². The quantitative estimate of drug-likeness (QED) is 0.0611. The Morgan fingerprint density at radius 1 is 0.872 bits per heavy atom. The molecule has 39 heavy (non-hydrogen) atoms. The number of carbonyl (C=O) groups is 5. The van der Waals surface area contributed by atoms with Gasteiger partial charge in [-0.3, -0.25) is 24.2 Å². The van der Waals surface area contributed by atoms with Crippen molar-refractivity contribution >= 4 is 35.6 Å². The molecule has 12 N–H and O–H groups in total. The molecule has 0 aliphatic heterocycles. The van der Waals surface area contributed by atoms with E-state index in [2.05, 4.69) is 20.9 Å². The Kier molecular flexibility index (Phi) is 14.0. The Morgan fingerprint density at radius 3 is 1.97 bits per heavy atom. The fraction of sp³-hybridized carbons (Fsp3) is 0.520. The van der Waals surface area contributed by atoms with Crippen LogP contribution in [0.2, 0.25) is 0 Å². The second-order valence-corrected chi connectivity index (χ2v) is 9.44. The molecule has 0 saturated heterocycles. The minimum atomic E-state index is -1.29. The van der Waals surface area contributed by atoms with Gasteiger partial charge in [-0.05, 0) is 37.2 Å². The molecule has 0 heterocycles. The van der Waals surface area contributed by atoms with Gasteiger partial charge in [0.2, 0.25) is 23.6 Å². The van der Waals surface area contributed by atoms with Gasteiger partial charge >= 0.3 is 5.97 Å². The highest BCUT2D eigenvalue weighted by molar-refractivity contribution is 5.94. The number of rotatable bonds is 17. The Labute approximate surface area is 227 Å². The molecule has 0 bridgehead atoms. The van der Waals surface area contributed by atoms with Crippen molar-refractivity contribution in [1.82, 2.24) is 16.0 Å². The first-order valence-electron chi connectivity index (χ1n) is 12.6. The normalized spacial score (nSPS) is 13.8. The van der Waals surface area contributed by atoms with Gasteiger partial charge in [0.05, 0.1) is 6.04 Å². The molecule has 0 saturated carbocycles. The van der Waals surface area contributed by atoms with Crippen molar-refractivity contribution in [1.29, 1.82) is 0 Å². The van der Waals surface area contributed by atoms with Crippen LogP contribution in [0.4, 0.5) is 0 Å². The molecule has 0 aliphatic carbocycles. The molecule has 4 atom stereocenters. The van der Waals surface area contributed by atoms with Crippen molar-refractivity contribution in [2.75, 3.05) is 6.54 Å². The average Bonchev–Trinajstić information content (AvgIpc) is 2.86. The molecule has 1 aromatic rings. The topological polar surface area (TPSA) is 258 Å². The highest BCUT2D eigenvalue weighted by atomic mass is 16.4. The molecule has 1 aromatic carbocycles. The summed E-state index contributed by atoms with van der Waals surface area (Å²) in [4.78, 5) is 65.8. The number of aliphatic imine (C=N–C) groups is 1. The zero-order chi connectivity index (χ0) is 29.5. The Morgan fingerprint density at radius 2 is 1.44 bits per heavy atom. The van der Waals surface area contributed by atoms with E-state index < -0.39 is 59.7 Å². The Hall–Kier alpha value is -4.20. The molecule has 0 radical (unpaired) electrons. The fourth-order valence-electron chi connectivity index (χ4n) is 3.61. The number of nitrogens with zero attached hydrogens (tertiary/aromatic N) is 1. The van der Waals surface area contributed by atoms with Gasteiger partial charge in [-0.15, -0.1) is 0 Å². The van der Waals surface area contributed by atoms with E-state index in [1.807, 2.05) is 30.3 Å². The summed E-state index contributed by atoms with van der Waals surface area (Å²) in [5.74, 6) is -4.69. The van der Waals surface area contributed by atoms with Crippen LogP contribution in [-0.4, -0.2) is 71.4 Å². The first kappa shape index (κ1) is 32.8. The monoisotopic (exact) mass is 548 g/mol. The summed E-state index contributed by atoms with van der Waals surface area (Å²) >= 11 is 0. The van der Waals surface area contributed by atoms with Crippen molar-refractivity contribution in [3.63, 3.8) is 0 Å². The van der Waals surface area contributed by atoms with Crippen LogP contribution >= 0.6 is 0 Å². The fourth-order valence-corrected chi connectivity index (χ4v) is 3.61. The number of carbonyl (C=O) groups excluding carboxylic acids is 4. The predicted octanol–water partition coefficient (Wildman–Crippen LogP) is -1.93. The van der Waals surface area contributed by atoms with E-state index in [9.17, 15) is 29.1 Å². The molecule has 14 heteroatoms. The second kappa shape index (κ2) is 16.6. The van der Waals surface area contributed by atoms with E-state index in [-0.39, 0.29) is 38.2 Å². The van der Waals surface area contributed by atoms with Crippen LogP contribution < -0.4 is 38.9 Å². The summed E-state index contributed by atoms with van der Waals surface area (Å²) in [6.45, 7) is 3.39. The number of nitrogens with one attached hydrogen (secondary N) is 3. The van der Waals surface area contributed by atoms with E-state index in [0.29, 0.717) is 6.42 Å². The zero-order valence-electron chi connectivity index (χ0n) is 22.3. The maximum atomic E-state index is 13.2. The number of amides is 4. The highest BCUT2D eigenvalue weighted by Gasteiger charge is 2.31. The van der Waals surface area contributed by atoms with Crippen molar-refractivity contribution in [3.05, 3.63) is 35.9 Å². The SMILES string of the molecule is CC(C)C(NC(=O)C(CCC(N)=O)NC(=O)C(CCCN=C(N)N)NC(=O)C(N)Cc1ccccc1)C(=O)O. The lowest BCUT2D eigenvalue weighted by atomic mass is 10.0. The molecule has 14 nitrogen and oxygen atoms in total. The smallest absolute Gasteiger partial charge is 0.326 e. The number of guanidine groups is 1. The predicted molar refractivity (Wildman–Crippen MR) is 145 cm³/mol. The highest BCUT2D eigenvalue weighted by Crippen LogP contribution is 2.08. The van der Waals surface area contributed by atoms with Gasteiger partial charge in [0, 0.05) is 13.0 Å². The summed E-state index contributed by atoms with van der Waals surface area (Å²) < 4.78 is 0. The molecule has 0 aromatic heterocycles. The third kappa shape index (κ3) is 12.7. The lowest BCUT2D eigenvalue weighted by Gasteiger charge is -2.26. The van der Waals surface area contributed by atoms with Crippen LogP contribution in [0.1, 0.15) is 45.1 Å². The Balaban J connectivity index is 3.06. The number of carboxylic acid groups (broad SMARTS) is 1. The lowest BCUT2D eigenvalue weighted by molar-refractivity contribution is -0.143. The number of hydrogen-bond acceptors (Lipinski definition) is 7. The van der Waals surface area contributed by atoms with Crippen molar-refractivity contribution in [2.24, 2.45) is 33.8 Å². The summed E-state index contributed by atoms with van der Waals surface area (Å²) in [7, 11) is 0. The first-order chi connectivity index (χ1) is 18.3. The summed E-state index contributed by atoms with van der Waals surface area (Å²) in [5.41, 5.74) is 22.8. The molecule has 216 valence electrons. The minimum absolute atomic E-state index is 0.0975. The maximum Gasteiger partial charge on any atom is 0.326 e. The molecule has 4 amide bonds. The van der Waals surface area contributed by atoms with Gasteiger partial charge < -0.3 is 44.0 Å². The number of nitrogens with two attached hydrogens (primary N) is 4. The van der Waals surface area contributed by atoms with E-state index in [0.717, 1.165) is 5.56 Å². The Bertz CT molecular complexity index is 1010. The zero-order valence-corrected chi connectivity index (χ0v) is 22.3. The molecular weight excluding hydrogens is 508 g/mol.